The number of hydrogen-bond acceptors (Lipinski definition) is 0. The number of quaternary nitrogens is 3. The van der Waals surface area contributed by atoms with Gasteiger partial charge >= 0.3 is 0 Å². The quantitative estimate of drug-likeness (QED) is 0.368. The van der Waals surface area contributed by atoms with E-state index in [9.17, 15) is 0 Å². The van der Waals surface area contributed by atoms with Gasteiger partial charge in [0.05, 0.1) is 78.5 Å². The first-order valence-corrected chi connectivity index (χ1v) is 11.7. The van der Waals surface area contributed by atoms with Gasteiger partial charge in [0, 0.05) is 0 Å². The van der Waals surface area contributed by atoms with Crippen molar-refractivity contribution >= 4 is 0 Å². The average Bonchev–Trinajstić information content (AvgIpc) is 2.69. The fraction of sp³-hybridized carbons (Fsp3) is 1.00. The first-order valence-electron chi connectivity index (χ1n) is 11.7. The summed E-state index contributed by atoms with van der Waals surface area (Å²) in [5.74, 6) is 0. The number of hydrogen-bond donors (Lipinski definition) is 0. The van der Waals surface area contributed by atoms with Gasteiger partial charge in [-0.15, -0.1) is 0 Å². The van der Waals surface area contributed by atoms with E-state index in [-0.39, 0.29) is 0 Å². The summed E-state index contributed by atoms with van der Waals surface area (Å²) in [6.07, 6.45) is 0. The molecule has 0 bridgehead atoms. The van der Waals surface area contributed by atoms with Gasteiger partial charge in [-0.05, 0) is 69.2 Å². The van der Waals surface area contributed by atoms with Crippen LogP contribution in [0, 0.1) is 5.41 Å². The Morgan fingerprint density at radius 3 is 0.654 bits per heavy atom. The Hall–Kier alpha value is -0.120. The van der Waals surface area contributed by atoms with Crippen molar-refractivity contribution in [2.45, 2.75) is 69.2 Å². The van der Waals surface area contributed by atoms with Crippen molar-refractivity contribution < 1.29 is 13.4 Å². The van der Waals surface area contributed by atoms with Crippen molar-refractivity contribution in [2.24, 2.45) is 5.41 Å². The molecule has 0 aliphatic carbocycles. The van der Waals surface area contributed by atoms with E-state index in [1.165, 1.54) is 92.0 Å². The summed E-state index contributed by atoms with van der Waals surface area (Å²) < 4.78 is 3.81. The summed E-state index contributed by atoms with van der Waals surface area (Å²) in [6.45, 7) is 39.6. The largest absolute Gasteiger partial charge is 0.323 e. The average molecular weight is 373 g/mol. The molecule has 3 nitrogen and oxygen atoms in total. The van der Waals surface area contributed by atoms with Crippen molar-refractivity contribution in [1.82, 2.24) is 0 Å². The van der Waals surface area contributed by atoms with Crippen molar-refractivity contribution in [3.8, 4) is 0 Å². The van der Waals surface area contributed by atoms with E-state index < -0.39 is 0 Å². The first-order chi connectivity index (χ1) is 12.2. The molecule has 0 aliphatic rings. The highest BCUT2D eigenvalue weighted by molar-refractivity contribution is 4.76. The number of nitrogens with zero attached hydrogens (tertiary/aromatic N) is 3. The zero-order valence-electron chi connectivity index (χ0n) is 20.3. The maximum absolute atomic E-state index is 2.63. The fourth-order valence-corrected chi connectivity index (χ4v) is 5.60. The second-order valence-corrected chi connectivity index (χ2v) is 9.16. The predicted molar refractivity (Wildman–Crippen MR) is 118 cm³/mol. The molecule has 0 fully saturated rings. The van der Waals surface area contributed by atoms with Gasteiger partial charge in [-0.1, -0.05) is 0 Å². The molecule has 158 valence electrons. The Bertz CT molecular complexity index is 286. The summed E-state index contributed by atoms with van der Waals surface area (Å²) in [5.41, 5.74) is 0.381. The molecule has 0 spiro atoms. The van der Waals surface area contributed by atoms with Gasteiger partial charge in [0.1, 0.15) is 5.41 Å². The summed E-state index contributed by atoms with van der Waals surface area (Å²) >= 11 is 0. The van der Waals surface area contributed by atoms with Crippen LogP contribution in [0.15, 0.2) is 0 Å². The molecule has 0 saturated carbocycles. The van der Waals surface area contributed by atoms with Gasteiger partial charge in [-0.2, -0.15) is 0 Å². The van der Waals surface area contributed by atoms with Crippen LogP contribution in [0.25, 0.3) is 0 Å². The maximum atomic E-state index is 2.63. The van der Waals surface area contributed by atoms with E-state index in [0.29, 0.717) is 5.41 Å². The van der Waals surface area contributed by atoms with E-state index >= 15 is 0 Å². The minimum atomic E-state index is 0.381. The molecule has 0 atom stereocenters. The fourth-order valence-electron chi connectivity index (χ4n) is 5.60. The third-order valence-electron chi connectivity index (χ3n) is 8.19. The summed E-state index contributed by atoms with van der Waals surface area (Å²) in [5, 5.41) is 0. The smallest absolute Gasteiger partial charge is 0.114 e. The van der Waals surface area contributed by atoms with E-state index in [1.54, 1.807) is 0 Å². The topological polar surface area (TPSA) is 0 Å². The highest BCUT2D eigenvalue weighted by atomic mass is 15.4. The van der Waals surface area contributed by atoms with Gasteiger partial charge in [0.2, 0.25) is 0 Å². The van der Waals surface area contributed by atoms with Crippen LogP contribution in [0.1, 0.15) is 69.2 Å². The normalized spacial score (nSPS) is 14.1. The number of rotatable bonds is 15. The minimum absolute atomic E-state index is 0.381. The van der Waals surface area contributed by atoms with Crippen LogP contribution >= 0.6 is 0 Å². The molecule has 0 aromatic heterocycles. The van der Waals surface area contributed by atoms with Crippen LogP contribution in [0.5, 0.6) is 0 Å². The Morgan fingerprint density at radius 2 is 0.538 bits per heavy atom. The summed E-state index contributed by atoms with van der Waals surface area (Å²) in [6, 6.07) is 0. The monoisotopic (exact) mass is 372 g/mol. The minimum Gasteiger partial charge on any atom is -0.323 e. The molecule has 26 heavy (non-hydrogen) atoms. The third kappa shape index (κ3) is 6.21. The van der Waals surface area contributed by atoms with E-state index in [0.717, 1.165) is 0 Å². The van der Waals surface area contributed by atoms with E-state index in [4.69, 9.17) is 0 Å². The Kier molecular flexibility index (Phi) is 11.0. The van der Waals surface area contributed by atoms with Gasteiger partial charge in [-0.3, -0.25) is 0 Å². The van der Waals surface area contributed by atoms with Crippen LogP contribution in [0.2, 0.25) is 0 Å². The van der Waals surface area contributed by atoms with Crippen molar-refractivity contribution in [3.05, 3.63) is 0 Å². The van der Waals surface area contributed by atoms with Crippen LogP contribution < -0.4 is 0 Å². The van der Waals surface area contributed by atoms with Crippen molar-refractivity contribution in [2.75, 3.05) is 78.5 Å². The SMILES string of the molecule is CC[N+](CC)(CC)CC(C)(C[N+](CC)(CC)CC)C[N+](CC)(CC)CC. The van der Waals surface area contributed by atoms with Gasteiger partial charge < -0.3 is 13.4 Å². The Morgan fingerprint density at radius 1 is 0.385 bits per heavy atom. The molecule has 0 radical (unpaired) electrons. The molecule has 0 aromatic carbocycles. The molecule has 0 amide bonds. The lowest BCUT2D eigenvalue weighted by atomic mass is 9.84. The molecule has 0 aliphatic heterocycles. The van der Waals surface area contributed by atoms with E-state index in [2.05, 4.69) is 69.2 Å². The molecule has 0 unspecified atom stereocenters. The molecule has 3 heteroatoms. The molecular weight excluding hydrogens is 318 g/mol. The molecule has 0 rings (SSSR count). The second kappa shape index (κ2) is 11.0. The highest BCUT2D eigenvalue weighted by Crippen LogP contribution is 2.31. The Labute approximate surface area is 167 Å². The maximum Gasteiger partial charge on any atom is 0.114 e. The lowest BCUT2D eigenvalue weighted by Crippen LogP contribution is -2.65. The van der Waals surface area contributed by atoms with Crippen LogP contribution in [-0.2, 0) is 0 Å². The zero-order valence-corrected chi connectivity index (χ0v) is 20.3. The Balaban J connectivity index is 5.99. The molecule has 0 N–H and O–H groups in total. The van der Waals surface area contributed by atoms with Crippen LogP contribution in [0.4, 0.5) is 0 Å². The van der Waals surface area contributed by atoms with Crippen LogP contribution in [-0.4, -0.2) is 92.0 Å². The third-order valence-corrected chi connectivity index (χ3v) is 8.19. The van der Waals surface area contributed by atoms with Gasteiger partial charge in [0.15, 0.2) is 0 Å². The first kappa shape index (κ1) is 25.9. The van der Waals surface area contributed by atoms with Crippen LogP contribution in [0.3, 0.4) is 0 Å². The molecule has 0 saturated heterocycles. The van der Waals surface area contributed by atoms with Crippen molar-refractivity contribution in [1.29, 1.82) is 0 Å². The standard InChI is InChI=1S/C23H54N3/c1-11-24(12-2,13-3)20-23(10,21-25(14-4,15-5)16-6)22-26(17-7,18-8)19-9/h11-22H2,1-10H3/q+3. The second-order valence-electron chi connectivity index (χ2n) is 9.16. The van der Waals surface area contributed by atoms with Crippen molar-refractivity contribution in [3.63, 3.8) is 0 Å². The zero-order chi connectivity index (χ0) is 20.5. The summed E-state index contributed by atoms with van der Waals surface area (Å²) in [7, 11) is 0. The van der Waals surface area contributed by atoms with Gasteiger partial charge in [0.25, 0.3) is 0 Å². The molecular formula is C23H54N3+3. The highest BCUT2D eigenvalue weighted by Gasteiger charge is 2.46. The lowest BCUT2D eigenvalue weighted by molar-refractivity contribution is -0.973. The van der Waals surface area contributed by atoms with E-state index in [1.807, 2.05) is 0 Å². The molecule has 0 aromatic rings. The summed E-state index contributed by atoms with van der Waals surface area (Å²) in [4.78, 5) is 0. The predicted octanol–water partition coefficient (Wildman–Crippen LogP) is 4.62. The lowest BCUT2D eigenvalue weighted by Gasteiger charge is -2.50. The molecule has 0 heterocycles. The van der Waals surface area contributed by atoms with Gasteiger partial charge in [-0.25, -0.2) is 0 Å².